The van der Waals surface area contributed by atoms with Gasteiger partial charge >= 0.3 is 6.18 Å². The number of ether oxygens (including phenoxy) is 1. The Morgan fingerprint density at radius 3 is 2.33 bits per heavy atom. The van der Waals surface area contributed by atoms with E-state index in [1.54, 1.807) is 33.9 Å². The smallest absolute Gasteiger partial charge is 0.416 e. The Morgan fingerprint density at radius 2 is 1.80 bits per heavy atom. The minimum atomic E-state index is -4.46. The first kappa shape index (κ1) is 26.8. The molecule has 172 valence electrons. The minimum absolute atomic E-state index is 0. The molecule has 1 fully saturated rings. The van der Waals surface area contributed by atoms with Gasteiger partial charge in [0.05, 0.1) is 5.56 Å². The molecule has 2 N–H and O–H groups in total. The Kier molecular flexibility index (Phi) is 10.2. The fourth-order valence-corrected chi connectivity index (χ4v) is 3.30. The van der Waals surface area contributed by atoms with Crippen LogP contribution < -0.4 is 15.4 Å². The van der Waals surface area contributed by atoms with E-state index >= 15 is 0 Å². The molecule has 5 nitrogen and oxygen atoms in total. The Morgan fingerprint density at radius 1 is 1.17 bits per heavy atom. The second-order valence-electron chi connectivity index (χ2n) is 8.58. The van der Waals surface area contributed by atoms with Crippen molar-refractivity contribution in [1.82, 2.24) is 15.5 Å². The number of guanidine groups is 1. The summed E-state index contributed by atoms with van der Waals surface area (Å²) in [5.41, 5.74) is -1.11. The van der Waals surface area contributed by atoms with E-state index in [-0.39, 0.29) is 41.8 Å². The van der Waals surface area contributed by atoms with Gasteiger partial charge in [0, 0.05) is 20.1 Å². The van der Waals surface area contributed by atoms with Gasteiger partial charge in [-0.25, -0.2) is 0 Å². The Labute approximate surface area is 194 Å². The zero-order chi connectivity index (χ0) is 21.7. The molecule has 1 aromatic carbocycles. The normalized spacial score (nSPS) is 16.7. The number of halogens is 4. The topological polar surface area (TPSA) is 48.9 Å². The molecule has 30 heavy (non-hydrogen) atoms. The summed E-state index contributed by atoms with van der Waals surface area (Å²) in [6.45, 7) is 8.32. The molecule has 1 aromatic rings. The van der Waals surface area contributed by atoms with Crippen LogP contribution in [0.15, 0.2) is 23.2 Å². The van der Waals surface area contributed by atoms with E-state index in [1.165, 1.54) is 6.07 Å². The zero-order valence-electron chi connectivity index (χ0n) is 18.4. The molecule has 1 heterocycles. The molecule has 0 saturated carbocycles. The monoisotopic (exact) mass is 542 g/mol. The molecule has 0 bridgehead atoms. The highest BCUT2D eigenvalue weighted by Gasteiger charge is 2.34. The summed E-state index contributed by atoms with van der Waals surface area (Å²) in [5.74, 6) is 1.26. The zero-order valence-corrected chi connectivity index (χ0v) is 20.7. The number of piperidine rings is 1. The van der Waals surface area contributed by atoms with Gasteiger partial charge in [0.15, 0.2) is 5.96 Å². The van der Waals surface area contributed by atoms with Gasteiger partial charge < -0.3 is 20.3 Å². The predicted octanol–water partition coefficient (Wildman–Crippen LogP) is 4.51. The summed E-state index contributed by atoms with van der Waals surface area (Å²) in [6, 6.07) is 4.10. The molecule has 0 aliphatic carbocycles. The van der Waals surface area contributed by atoms with Gasteiger partial charge in [-0.2, -0.15) is 13.2 Å². The average Bonchev–Trinajstić information content (AvgIpc) is 2.62. The number of hydrogen-bond acceptors (Lipinski definition) is 3. The van der Waals surface area contributed by atoms with Crippen LogP contribution in [-0.4, -0.2) is 50.2 Å². The summed E-state index contributed by atoms with van der Waals surface area (Å²) in [5, 5.41) is 6.24. The highest BCUT2D eigenvalue weighted by Crippen LogP contribution is 2.35. The van der Waals surface area contributed by atoms with Crippen LogP contribution in [0.1, 0.15) is 44.7 Å². The fourth-order valence-electron chi connectivity index (χ4n) is 3.30. The average molecular weight is 542 g/mol. The molecule has 1 aliphatic rings. The molecule has 9 heteroatoms. The van der Waals surface area contributed by atoms with Crippen molar-refractivity contribution < 1.29 is 17.9 Å². The van der Waals surface area contributed by atoms with Gasteiger partial charge in [-0.3, -0.25) is 4.99 Å². The lowest BCUT2D eigenvalue weighted by atomic mass is 9.97. The standard InChI is InChI=1S/C21H33F3N4O.HI/c1-20(2,3)29-17-7-6-16(18(12-17)21(22,23)24)14-27-19(25-4)26-13-15-8-10-28(5)11-9-15;/h6-7,12,15H,8-11,13-14H2,1-5H3,(H2,25,26,27);1H. The van der Waals surface area contributed by atoms with Crippen LogP contribution in [-0.2, 0) is 12.7 Å². The highest BCUT2D eigenvalue weighted by molar-refractivity contribution is 14.0. The molecule has 1 aliphatic heterocycles. The Hall–Kier alpha value is -1.23. The number of alkyl halides is 3. The van der Waals surface area contributed by atoms with E-state index in [4.69, 9.17) is 4.74 Å². The first-order valence-electron chi connectivity index (χ1n) is 10.00. The van der Waals surface area contributed by atoms with Crippen LogP contribution >= 0.6 is 24.0 Å². The molecule has 0 atom stereocenters. The highest BCUT2D eigenvalue weighted by atomic mass is 127. The van der Waals surface area contributed by atoms with Gasteiger partial charge in [0.25, 0.3) is 0 Å². The number of likely N-dealkylation sites (tertiary alicyclic amines) is 1. The maximum absolute atomic E-state index is 13.6. The van der Waals surface area contributed by atoms with Crippen molar-refractivity contribution in [3.8, 4) is 5.75 Å². The Balaban J connectivity index is 0.00000450. The fraction of sp³-hybridized carbons (Fsp3) is 0.667. The number of aliphatic imine (C=N–C) groups is 1. The number of nitrogens with zero attached hydrogens (tertiary/aromatic N) is 2. The summed E-state index contributed by atoms with van der Waals surface area (Å²) >= 11 is 0. The first-order valence-corrected chi connectivity index (χ1v) is 10.00. The quantitative estimate of drug-likeness (QED) is 0.327. The van der Waals surface area contributed by atoms with Crippen molar-refractivity contribution in [2.45, 2.75) is 51.9 Å². The number of rotatable bonds is 5. The van der Waals surface area contributed by atoms with Gasteiger partial charge in [-0.15, -0.1) is 24.0 Å². The van der Waals surface area contributed by atoms with E-state index in [1.807, 2.05) is 0 Å². The van der Waals surface area contributed by atoms with Crippen LogP contribution in [0.3, 0.4) is 0 Å². The second kappa shape index (κ2) is 11.4. The van der Waals surface area contributed by atoms with Crippen LogP contribution in [0.25, 0.3) is 0 Å². The molecule has 0 amide bonds. The number of hydrogen-bond donors (Lipinski definition) is 2. The molecule has 0 spiro atoms. The maximum Gasteiger partial charge on any atom is 0.416 e. The maximum atomic E-state index is 13.6. The van der Waals surface area contributed by atoms with Crippen LogP contribution in [0, 0.1) is 5.92 Å². The van der Waals surface area contributed by atoms with Gasteiger partial charge in [-0.1, -0.05) is 6.07 Å². The van der Waals surface area contributed by atoms with Crippen LogP contribution in [0.5, 0.6) is 5.75 Å². The molecule has 2 rings (SSSR count). The van der Waals surface area contributed by atoms with E-state index in [0.29, 0.717) is 11.9 Å². The third-order valence-electron chi connectivity index (χ3n) is 4.88. The largest absolute Gasteiger partial charge is 0.488 e. The third kappa shape index (κ3) is 8.87. The van der Waals surface area contributed by atoms with E-state index in [0.717, 1.165) is 38.5 Å². The van der Waals surface area contributed by atoms with Crippen molar-refractivity contribution in [3.05, 3.63) is 29.3 Å². The van der Waals surface area contributed by atoms with Gasteiger partial charge in [0.2, 0.25) is 0 Å². The summed E-state index contributed by atoms with van der Waals surface area (Å²) in [4.78, 5) is 6.44. The van der Waals surface area contributed by atoms with E-state index in [2.05, 4.69) is 27.6 Å². The molecule has 0 aromatic heterocycles. The lowest BCUT2D eigenvalue weighted by Gasteiger charge is -2.29. The molecular formula is C21H34F3IN4O. The van der Waals surface area contributed by atoms with E-state index in [9.17, 15) is 13.2 Å². The van der Waals surface area contributed by atoms with Crippen molar-refractivity contribution >= 4 is 29.9 Å². The third-order valence-corrected chi connectivity index (χ3v) is 4.88. The summed E-state index contributed by atoms with van der Waals surface area (Å²) in [6.07, 6.45) is -2.25. The number of benzene rings is 1. The number of nitrogens with one attached hydrogen (secondary N) is 2. The summed E-state index contributed by atoms with van der Waals surface area (Å²) in [7, 11) is 3.73. The molecule has 0 unspecified atom stereocenters. The second-order valence-corrected chi connectivity index (χ2v) is 8.58. The molecule has 0 radical (unpaired) electrons. The Bertz CT molecular complexity index is 696. The minimum Gasteiger partial charge on any atom is -0.488 e. The van der Waals surface area contributed by atoms with Crippen molar-refractivity contribution in [2.75, 3.05) is 33.7 Å². The van der Waals surface area contributed by atoms with E-state index < -0.39 is 17.3 Å². The lowest BCUT2D eigenvalue weighted by molar-refractivity contribution is -0.138. The van der Waals surface area contributed by atoms with Gasteiger partial charge in [-0.05, 0) is 77.4 Å². The van der Waals surface area contributed by atoms with Crippen LogP contribution in [0.4, 0.5) is 13.2 Å². The summed E-state index contributed by atoms with van der Waals surface area (Å²) < 4.78 is 46.3. The molecule has 1 saturated heterocycles. The van der Waals surface area contributed by atoms with Crippen molar-refractivity contribution in [3.63, 3.8) is 0 Å². The van der Waals surface area contributed by atoms with Crippen molar-refractivity contribution in [1.29, 1.82) is 0 Å². The predicted molar refractivity (Wildman–Crippen MR) is 126 cm³/mol. The van der Waals surface area contributed by atoms with Crippen LogP contribution in [0.2, 0.25) is 0 Å². The lowest BCUT2D eigenvalue weighted by Crippen LogP contribution is -2.42. The van der Waals surface area contributed by atoms with Crippen molar-refractivity contribution in [2.24, 2.45) is 10.9 Å². The SMILES string of the molecule is CN=C(NCc1ccc(OC(C)(C)C)cc1C(F)(F)F)NCC1CCN(C)CC1.I. The first-order chi connectivity index (χ1) is 13.5. The molecular weight excluding hydrogens is 508 g/mol. The van der Waals surface area contributed by atoms with Gasteiger partial charge in [0.1, 0.15) is 11.4 Å².